The number of hydrogen-bond donors (Lipinski definition) is 2. The van der Waals surface area contributed by atoms with Crippen LogP contribution in [0.15, 0.2) is 0 Å². The molecule has 1 amide bonds. The molecule has 0 bridgehead atoms. The summed E-state index contributed by atoms with van der Waals surface area (Å²) in [7, 11) is 2.14. The van der Waals surface area contributed by atoms with Crippen LogP contribution in [0.2, 0.25) is 0 Å². The molecule has 140 valence electrons. The minimum absolute atomic E-state index is 0.0467. The lowest BCUT2D eigenvalue weighted by atomic mass is 9.70. The van der Waals surface area contributed by atoms with Gasteiger partial charge in [-0.15, -0.1) is 10.2 Å². The Labute approximate surface area is 154 Å². The number of nitrogens with two attached hydrogens (primary N) is 1. The van der Waals surface area contributed by atoms with Crippen LogP contribution in [0.3, 0.4) is 0 Å². The Morgan fingerprint density at radius 2 is 1.88 bits per heavy atom. The van der Waals surface area contributed by atoms with Gasteiger partial charge in [-0.2, -0.15) is 0 Å². The van der Waals surface area contributed by atoms with Crippen LogP contribution in [0.5, 0.6) is 0 Å². The van der Waals surface area contributed by atoms with Gasteiger partial charge < -0.3 is 10.6 Å². The van der Waals surface area contributed by atoms with Gasteiger partial charge in [0.25, 0.3) is 0 Å². The Kier molecular flexibility index (Phi) is 5.60. The molecule has 1 atom stereocenters. The second-order valence-electron chi connectivity index (χ2n) is 8.22. The Balaban J connectivity index is 1.72. The molecule has 7 nitrogen and oxygen atoms in total. The van der Waals surface area contributed by atoms with Crippen LogP contribution in [0.25, 0.3) is 0 Å². The maximum atomic E-state index is 13.1. The lowest BCUT2D eigenvalue weighted by molar-refractivity contribution is -0.125. The highest BCUT2D eigenvalue weighted by Gasteiger charge is 2.39. The van der Waals surface area contributed by atoms with Crippen molar-refractivity contribution in [2.24, 2.45) is 11.3 Å². The van der Waals surface area contributed by atoms with Gasteiger partial charge in [0.15, 0.2) is 0 Å². The molecule has 1 aliphatic heterocycles. The van der Waals surface area contributed by atoms with Gasteiger partial charge in [-0.1, -0.05) is 25.2 Å². The van der Waals surface area contributed by atoms with Gasteiger partial charge in [0.2, 0.25) is 16.2 Å². The number of aromatic nitrogens is 2. The number of nitrogen functional groups attached to an aromatic ring is 1. The van der Waals surface area contributed by atoms with Crippen molar-refractivity contribution in [3.8, 4) is 0 Å². The molecule has 1 saturated carbocycles. The molecule has 2 aliphatic rings. The van der Waals surface area contributed by atoms with E-state index >= 15 is 0 Å². The number of rotatable bonds is 4. The fourth-order valence-corrected chi connectivity index (χ4v) is 4.49. The largest absolute Gasteiger partial charge is 0.374 e. The molecule has 1 aromatic rings. The molecule has 0 unspecified atom stereocenters. The molecular formula is C17H30N6OS. The number of anilines is 2. The molecule has 1 aromatic heterocycles. The van der Waals surface area contributed by atoms with Crippen LogP contribution in [0, 0.1) is 11.3 Å². The van der Waals surface area contributed by atoms with E-state index in [0.29, 0.717) is 21.6 Å². The highest BCUT2D eigenvalue weighted by atomic mass is 32.1. The standard InChI is InChI=1S/C17H30N6OS/c1-17(2)6-4-12(5-7-17)13(23-10-8-22(3)9-11-23)14(24)19-16-21-20-15(18)25-16/h12-13H,4-11H2,1-3H3,(H2,18,20)(H,19,21,24)/t13-/m1/s1. The van der Waals surface area contributed by atoms with Crippen molar-refractivity contribution in [1.82, 2.24) is 20.0 Å². The Morgan fingerprint density at radius 3 is 2.44 bits per heavy atom. The fourth-order valence-electron chi connectivity index (χ4n) is 3.98. The van der Waals surface area contributed by atoms with E-state index in [1.54, 1.807) is 0 Å². The first-order valence-electron chi connectivity index (χ1n) is 9.16. The van der Waals surface area contributed by atoms with Gasteiger partial charge in [-0.3, -0.25) is 15.0 Å². The van der Waals surface area contributed by atoms with Crippen molar-refractivity contribution >= 4 is 27.5 Å². The predicted molar refractivity (Wildman–Crippen MR) is 102 cm³/mol. The van der Waals surface area contributed by atoms with Gasteiger partial charge in [0.1, 0.15) is 0 Å². The fraction of sp³-hybridized carbons (Fsp3) is 0.824. The Hall–Kier alpha value is -1.25. The molecule has 3 rings (SSSR count). The average Bonchev–Trinajstić information content (AvgIpc) is 2.96. The van der Waals surface area contributed by atoms with Gasteiger partial charge in [0.05, 0.1) is 6.04 Å². The maximum absolute atomic E-state index is 13.1. The van der Waals surface area contributed by atoms with Gasteiger partial charge in [0, 0.05) is 26.2 Å². The van der Waals surface area contributed by atoms with E-state index in [2.05, 4.69) is 46.2 Å². The van der Waals surface area contributed by atoms with Crippen molar-refractivity contribution in [1.29, 1.82) is 0 Å². The SMILES string of the molecule is CN1CCN([C@@H](C(=O)Nc2nnc(N)s2)C2CCC(C)(C)CC2)CC1. The number of piperazine rings is 1. The summed E-state index contributed by atoms with van der Waals surface area (Å²) >= 11 is 1.22. The zero-order valence-electron chi connectivity index (χ0n) is 15.5. The van der Waals surface area contributed by atoms with Crippen molar-refractivity contribution in [3.05, 3.63) is 0 Å². The lowest BCUT2D eigenvalue weighted by Crippen LogP contribution is -2.56. The summed E-state index contributed by atoms with van der Waals surface area (Å²) in [5.41, 5.74) is 6.03. The third kappa shape index (κ3) is 4.68. The molecule has 3 N–H and O–H groups in total. The number of carbonyl (C=O) groups is 1. The molecule has 0 spiro atoms. The van der Waals surface area contributed by atoms with Crippen molar-refractivity contribution < 1.29 is 4.79 Å². The molecule has 1 aliphatic carbocycles. The third-order valence-corrected chi connectivity index (χ3v) is 6.37. The van der Waals surface area contributed by atoms with Crippen LogP contribution in [0.4, 0.5) is 10.3 Å². The first kappa shape index (κ1) is 18.5. The van der Waals surface area contributed by atoms with E-state index in [1.165, 1.54) is 24.2 Å². The Bertz CT molecular complexity index is 586. The van der Waals surface area contributed by atoms with Crippen molar-refractivity contribution in [3.63, 3.8) is 0 Å². The van der Waals surface area contributed by atoms with E-state index in [1.807, 2.05) is 0 Å². The predicted octanol–water partition coefficient (Wildman–Crippen LogP) is 1.89. The minimum atomic E-state index is -0.0880. The Morgan fingerprint density at radius 1 is 1.24 bits per heavy atom. The monoisotopic (exact) mass is 366 g/mol. The van der Waals surface area contributed by atoms with Crippen LogP contribution in [-0.2, 0) is 4.79 Å². The second kappa shape index (κ2) is 7.55. The van der Waals surface area contributed by atoms with Gasteiger partial charge in [-0.05, 0) is 44.1 Å². The van der Waals surface area contributed by atoms with Crippen LogP contribution >= 0.6 is 11.3 Å². The second-order valence-corrected chi connectivity index (χ2v) is 9.23. The molecule has 0 radical (unpaired) electrons. The summed E-state index contributed by atoms with van der Waals surface area (Å²) in [4.78, 5) is 17.8. The van der Waals surface area contributed by atoms with Gasteiger partial charge >= 0.3 is 0 Å². The van der Waals surface area contributed by atoms with E-state index in [0.717, 1.165) is 39.0 Å². The normalized spacial score (nSPS) is 24.1. The number of carbonyl (C=O) groups excluding carboxylic acids is 1. The summed E-state index contributed by atoms with van der Waals surface area (Å²) < 4.78 is 0. The third-order valence-electron chi connectivity index (χ3n) is 5.70. The molecule has 0 aromatic carbocycles. The summed E-state index contributed by atoms with van der Waals surface area (Å²) in [5, 5.41) is 11.6. The zero-order valence-corrected chi connectivity index (χ0v) is 16.3. The molecule has 1 saturated heterocycles. The zero-order chi connectivity index (χ0) is 18.0. The number of hydrogen-bond acceptors (Lipinski definition) is 7. The molecular weight excluding hydrogens is 336 g/mol. The molecule has 2 heterocycles. The minimum Gasteiger partial charge on any atom is -0.374 e. The number of nitrogens with zero attached hydrogens (tertiary/aromatic N) is 4. The van der Waals surface area contributed by atoms with E-state index in [4.69, 9.17) is 5.73 Å². The maximum Gasteiger partial charge on any atom is 0.243 e. The number of nitrogens with one attached hydrogen (secondary N) is 1. The van der Waals surface area contributed by atoms with E-state index in [9.17, 15) is 4.79 Å². The van der Waals surface area contributed by atoms with Gasteiger partial charge in [-0.25, -0.2) is 0 Å². The van der Waals surface area contributed by atoms with Crippen LogP contribution in [-0.4, -0.2) is 65.2 Å². The molecule has 25 heavy (non-hydrogen) atoms. The van der Waals surface area contributed by atoms with Crippen LogP contribution in [0.1, 0.15) is 39.5 Å². The van der Waals surface area contributed by atoms with E-state index in [-0.39, 0.29) is 11.9 Å². The topological polar surface area (TPSA) is 87.4 Å². The highest BCUT2D eigenvalue weighted by Crippen LogP contribution is 2.40. The summed E-state index contributed by atoms with van der Waals surface area (Å²) in [5.74, 6) is 0.451. The summed E-state index contributed by atoms with van der Waals surface area (Å²) in [6, 6.07) is -0.0880. The number of likely N-dealkylation sites (N-methyl/N-ethyl adjacent to an activating group) is 1. The number of amides is 1. The first-order valence-corrected chi connectivity index (χ1v) is 9.98. The van der Waals surface area contributed by atoms with Crippen LogP contribution < -0.4 is 11.1 Å². The van der Waals surface area contributed by atoms with Crippen molar-refractivity contribution in [2.75, 3.05) is 44.3 Å². The summed E-state index contributed by atoms with van der Waals surface area (Å²) in [6.07, 6.45) is 4.58. The lowest BCUT2D eigenvalue weighted by Gasteiger charge is -2.44. The molecule has 2 fully saturated rings. The average molecular weight is 367 g/mol. The quantitative estimate of drug-likeness (QED) is 0.846. The summed E-state index contributed by atoms with van der Waals surface area (Å²) in [6.45, 7) is 8.55. The highest BCUT2D eigenvalue weighted by molar-refractivity contribution is 7.18. The van der Waals surface area contributed by atoms with E-state index < -0.39 is 0 Å². The van der Waals surface area contributed by atoms with Crippen molar-refractivity contribution in [2.45, 2.75) is 45.6 Å². The smallest absolute Gasteiger partial charge is 0.243 e. The molecule has 8 heteroatoms. The first-order chi connectivity index (χ1) is 11.8.